The molecule has 13 N–H and O–H groups in total. The number of rotatable bonds is 29. The van der Waals surface area contributed by atoms with Crippen LogP contribution in [0.2, 0.25) is 0 Å². The standard InChI is InChI=1S/C41H56N8O28P6S4/c1-5-84-86-21(3)23-10-7-8-11-24(23)38(51)72-27-16-32(70-29(27)18-68-80(60,61)76-82(64,65)74-78(54,55)56)48-15-14-31(45-41(48)53)44-26-13-9-12-25(34(26)22(4)87-85-6-2)39(52)73-28-17-33(49-20-43-35-36(49)46-40(42)47-37(35)50)71-30(28)19-69-81(62,63)77-83(66,67)75-79(57,58)59/h7-15,20-22,27-30,32-33,41,53H,5-6,16-19H2,1-4H3,(H,44,45)(H,60,61)(H,62,63)(H,64,65)(H,66,67)(H2,54,55,56)(H2,57,58,59)(H3,42,46,47,50)/t21?,22?,27?,28?,29-,30-,32-,33-,41?/m1/s1. The fourth-order valence-electron chi connectivity index (χ4n) is 8.49. The van der Waals surface area contributed by atoms with Crippen LogP contribution in [0.4, 0.5) is 11.6 Å². The van der Waals surface area contributed by atoms with Crippen LogP contribution in [-0.4, -0.2) is 148 Å². The molecule has 0 spiro atoms. The zero-order valence-corrected chi connectivity index (χ0v) is 53.8. The number of aromatic nitrogens is 4. The number of H-pyrrole nitrogens is 1. The zero-order valence-electron chi connectivity index (χ0n) is 45.1. The van der Waals surface area contributed by atoms with Gasteiger partial charge in [0.15, 0.2) is 11.2 Å². The number of phosphoric acid groups is 6. The van der Waals surface area contributed by atoms with E-state index in [0.717, 1.165) is 17.0 Å². The van der Waals surface area contributed by atoms with Gasteiger partial charge in [0.25, 0.3) is 5.56 Å². The van der Waals surface area contributed by atoms with E-state index in [1.807, 2.05) is 20.8 Å². The molecule has 0 saturated carbocycles. The Labute approximate surface area is 507 Å². The number of aromatic amines is 1. The summed E-state index contributed by atoms with van der Waals surface area (Å²) >= 11 is 0. The van der Waals surface area contributed by atoms with Crippen LogP contribution in [0.15, 0.2) is 70.9 Å². The lowest BCUT2D eigenvalue weighted by molar-refractivity contribution is -0.110. The summed E-state index contributed by atoms with van der Waals surface area (Å²) in [7, 11) is -29.1. The SMILES string of the molecule is CCSSC(C)c1ccccc1C(=O)OC1C[C@H](N2C=CC(Nc3cccc(C(=O)OC4C[C@H](n5cnc6c(=O)[nH]c(N)nc65)O[C@@H]4COP(=O)(O)OP(=O)(O)OP(=O)(O)O)c3C(C)SSCC)=NC2O)O[C@@H]1COP(=O)(O)OP(=O)(O)OP(=O)(O)O. The quantitative estimate of drug-likeness (QED) is 0.0166. The summed E-state index contributed by atoms with van der Waals surface area (Å²) < 4.78 is 123. The van der Waals surface area contributed by atoms with E-state index in [1.54, 1.807) is 42.0 Å². The number of hydrogen-bond donors (Lipinski definition) is 12. The van der Waals surface area contributed by atoms with Crippen molar-refractivity contribution in [2.24, 2.45) is 4.99 Å². The second-order valence-electron chi connectivity index (χ2n) is 18.1. The fourth-order valence-corrected chi connectivity index (χ4v) is 18.5. The maximum atomic E-state index is 14.6. The number of fused-ring (bicyclic) bond motifs is 1. The molecule has 2 saturated heterocycles. The molecule has 0 bridgehead atoms. The zero-order chi connectivity index (χ0) is 64.0. The van der Waals surface area contributed by atoms with Crippen LogP contribution in [0, 0.1) is 0 Å². The maximum Gasteiger partial charge on any atom is 0.490 e. The van der Waals surface area contributed by atoms with E-state index in [0.29, 0.717) is 16.9 Å². The van der Waals surface area contributed by atoms with Crippen LogP contribution in [0.5, 0.6) is 0 Å². The highest BCUT2D eigenvalue weighted by molar-refractivity contribution is 8.77. The molecule has 3 aliphatic rings. The Bertz CT molecular complexity index is 3600. The molecular weight excluding hydrogens is 1370 g/mol. The van der Waals surface area contributed by atoms with Crippen LogP contribution >= 0.6 is 90.1 Å². The van der Waals surface area contributed by atoms with Gasteiger partial charge in [-0.05, 0) is 43.7 Å². The Hall–Kier alpha value is -3.36. The van der Waals surface area contributed by atoms with Gasteiger partial charge in [-0.15, -0.1) is 0 Å². The summed E-state index contributed by atoms with van der Waals surface area (Å²) in [6.07, 6.45) is -6.99. The summed E-state index contributed by atoms with van der Waals surface area (Å²) in [6.45, 7) is 5.36. The number of nitrogen functional groups attached to an aromatic ring is 1. The number of hydrogen-bond acceptors (Lipinski definition) is 30. The number of aliphatic hydroxyl groups excluding tert-OH is 1. The Morgan fingerprint density at radius 2 is 1.28 bits per heavy atom. The van der Waals surface area contributed by atoms with Crippen molar-refractivity contribution in [3.63, 3.8) is 0 Å². The molecule has 2 fully saturated rings. The molecular formula is C41H56N8O28P6S4. The molecule has 4 aromatic rings. The Balaban J connectivity index is 1.12. The number of imidazole rings is 1. The summed E-state index contributed by atoms with van der Waals surface area (Å²) in [5, 5.41) is 13.9. The number of aliphatic imine (C=N–C) groups is 1. The molecule has 7 rings (SSSR count). The van der Waals surface area contributed by atoms with E-state index < -0.39 is 126 Å². The van der Waals surface area contributed by atoms with Crippen LogP contribution < -0.4 is 16.6 Å². The third kappa shape index (κ3) is 20.1. The number of aliphatic hydroxyl groups is 1. The first kappa shape index (κ1) is 71.1. The van der Waals surface area contributed by atoms with Gasteiger partial charge in [-0.25, -0.2) is 47.0 Å². The van der Waals surface area contributed by atoms with Gasteiger partial charge in [0, 0.05) is 52.3 Å². The number of carbonyl (C=O) groups is 2. The average molecular weight is 1420 g/mol. The Kier molecular flexibility index (Phi) is 24.1. The van der Waals surface area contributed by atoms with Crippen LogP contribution in [0.1, 0.15) is 89.1 Å². The highest BCUT2D eigenvalue weighted by atomic mass is 33.1. The first-order valence-corrected chi connectivity index (χ1v) is 38.7. The maximum absolute atomic E-state index is 14.6. The van der Waals surface area contributed by atoms with E-state index in [1.165, 1.54) is 67.4 Å². The third-order valence-corrected chi connectivity index (χ3v) is 25.2. The Morgan fingerprint density at radius 3 is 1.84 bits per heavy atom. The number of ether oxygens (including phenoxy) is 4. The molecule has 0 aliphatic carbocycles. The second kappa shape index (κ2) is 29.5. The lowest BCUT2D eigenvalue weighted by Gasteiger charge is -2.32. The summed E-state index contributed by atoms with van der Waals surface area (Å²) in [5.74, 6) is -0.836. The highest BCUT2D eigenvalue weighted by Crippen LogP contribution is 2.67. The first-order valence-electron chi connectivity index (χ1n) is 24.8. The predicted octanol–water partition coefficient (Wildman–Crippen LogP) is 6.08. The molecule has 9 unspecified atom stereocenters. The summed E-state index contributed by atoms with van der Waals surface area (Å²) in [4.78, 5) is 133. The number of amidine groups is 1. The fraction of sp³-hybridized carbons (Fsp3) is 0.463. The molecule has 2 aromatic carbocycles. The minimum absolute atomic E-state index is 0.0139. The van der Waals surface area contributed by atoms with E-state index >= 15 is 0 Å². The molecule has 13 atom stereocenters. The van der Waals surface area contributed by atoms with Gasteiger partial charge in [-0.3, -0.25) is 23.4 Å². The van der Waals surface area contributed by atoms with Gasteiger partial charge < -0.3 is 79.2 Å². The normalized spacial score (nSPS) is 24.3. The van der Waals surface area contributed by atoms with Crippen LogP contribution in [0.3, 0.4) is 0 Å². The topological polar surface area (TPSA) is 528 Å². The monoisotopic (exact) mass is 1420 g/mol. The predicted molar refractivity (Wildman–Crippen MR) is 312 cm³/mol. The minimum atomic E-state index is -5.96. The molecule has 0 radical (unpaired) electrons. The van der Waals surface area contributed by atoms with E-state index in [4.69, 9.17) is 53.3 Å². The smallest absolute Gasteiger partial charge is 0.456 e. The van der Waals surface area contributed by atoms with Crippen molar-refractivity contribution in [1.29, 1.82) is 0 Å². The molecule has 36 nitrogen and oxygen atoms in total. The molecule has 2 aromatic heterocycles. The molecule has 87 heavy (non-hydrogen) atoms. The number of nitrogens with one attached hydrogen (secondary N) is 2. The van der Waals surface area contributed by atoms with Crippen LogP contribution in [-0.2, 0) is 72.6 Å². The van der Waals surface area contributed by atoms with Crippen molar-refractivity contribution in [3.05, 3.63) is 93.7 Å². The summed E-state index contributed by atoms with van der Waals surface area (Å²) in [5.41, 5.74) is 6.00. The lowest BCUT2D eigenvalue weighted by atomic mass is 10.0. The minimum Gasteiger partial charge on any atom is -0.456 e. The van der Waals surface area contributed by atoms with Gasteiger partial charge in [0.05, 0.1) is 30.7 Å². The second-order valence-corrected chi connectivity index (χ2v) is 32.9. The van der Waals surface area contributed by atoms with Crippen molar-refractivity contribution in [2.75, 3.05) is 35.8 Å². The number of anilines is 2. The van der Waals surface area contributed by atoms with Gasteiger partial charge >= 0.3 is 58.9 Å². The van der Waals surface area contributed by atoms with E-state index in [9.17, 15) is 66.5 Å². The third-order valence-electron chi connectivity index (χ3n) is 11.8. The number of phosphoric ester groups is 2. The van der Waals surface area contributed by atoms with Crippen molar-refractivity contribution in [3.8, 4) is 0 Å². The van der Waals surface area contributed by atoms with Crippen molar-refractivity contribution >= 4 is 131 Å². The molecule has 5 heterocycles. The molecule has 0 amide bonds. The number of esters is 2. The largest absolute Gasteiger partial charge is 0.490 e. The summed E-state index contributed by atoms with van der Waals surface area (Å²) in [6, 6.07) is 11.0. The van der Waals surface area contributed by atoms with Gasteiger partial charge in [-0.1, -0.05) is 81.3 Å². The Morgan fingerprint density at radius 1 is 0.747 bits per heavy atom. The average Bonchev–Trinajstić information content (AvgIpc) is 1.75. The first-order chi connectivity index (χ1) is 40.6. The number of benzene rings is 2. The van der Waals surface area contributed by atoms with Crippen molar-refractivity contribution in [2.45, 2.75) is 94.3 Å². The lowest BCUT2D eigenvalue weighted by Crippen LogP contribution is -2.41. The highest BCUT2D eigenvalue weighted by Gasteiger charge is 2.48. The number of nitrogens with zero attached hydrogens (tertiary/aromatic N) is 5. The molecule has 3 aliphatic heterocycles. The van der Waals surface area contributed by atoms with E-state index in [-0.39, 0.29) is 57.9 Å². The number of nitrogens with two attached hydrogens (primary N) is 1. The van der Waals surface area contributed by atoms with Gasteiger partial charge in [-0.2, -0.15) is 22.2 Å². The molecule has 46 heteroatoms. The van der Waals surface area contributed by atoms with Gasteiger partial charge in [0.2, 0.25) is 12.3 Å². The van der Waals surface area contributed by atoms with Crippen molar-refractivity contribution in [1.82, 2.24) is 24.4 Å². The van der Waals surface area contributed by atoms with Crippen LogP contribution in [0.25, 0.3) is 11.2 Å². The van der Waals surface area contributed by atoms with E-state index in [2.05, 4.69) is 42.5 Å². The molecule has 482 valence electrons. The number of carbonyl (C=O) groups excluding carboxylic acids is 2. The van der Waals surface area contributed by atoms with Crippen molar-refractivity contribution < 1.29 is 126 Å². The van der Waals surface area contributed by atoms with Gasteiger partial charge in [0.1, 0.15) is 42.7 Å².